The number of thioether (sulfide) groups is 1. The SMILES string of the molecule is Cn1c(=O)oc2ccc(S(=O)(=O)N[C@@H]3CCSC3=O)cc21. The lowest BCUT2D eigenvalue weighted by Crippen LogP contribution is -2.37. The number of hydrogen-bond acceptors (Lipinski definition) is 6. The molecule has 0 amide bonds. The molecule has 1 N–H and O–H groups in total. The van der Waals surface area contributed by atoms with Crippen LogP contribution in [0, 0.1) is 0 Å². The number of nitrogens with one attached hydrogen (secondary N) is 1. The van der Waals surface area contributed by atoms with E-state index in [4.69, 9.17) is 4.42 Å². The van der Waals surface area contributed by atoms with Gasteiger partial charge in [-0.15, -0.1) is 0 Å². The Bertz CT molecular complexity index is 881. The number of carbonyl (C=O) groups is 1. The molecule has 1 saturated heterocycles. The third kappa shape index (κ3) is 2.52. The zero-order chi connectivity index (χ0) is 15.2. The molecular weight excluding hydrogens is 316 g/mol. The van der Waals surface area contributed by atoms with Gasteiger partial charge in [-0.1, -0.05) is 11.8 Å². The van der Waals surface area contributed by atoms with Crippen molar-refractivity contribution in [1.82, 2.24) is 9.29 Å². The van der Waals surface area contributed by atoms with Gasteiger partial charge in [-0.05, 0) is 24.6 Å². The van der Waals surface area contributed by atoms with E-state index in [1.165, 1.54) is 29.8 Å². The topological polar surface area (TPSA) is 98.4 Å². The van der Waals surface area contributed by atoms with Crippen LogP contribution in [0.1, 0.15) is 6.42 Å². The van der Waals surface area contributed by atoms with Gasteiger partial charge in [-0.3, -0.25) is 9.36 Å². The minimum Gasteiger partial charge on any atom is -0.408 e. The van der Waals surface area contributed by atoms with Crippen molar-refractivity contribution in [2.45, 2.75) is 17.4 Å². The summed E-state index contributed by atoms with van der Waals surface area (Å²) in [6, 6.07) is 3.44. The minimum absolute atomic E-state index is 0.00361. The number of fused-ring (bicyclic) bond motifs is 1. The fourth-order valence-corrected chi connectivity index (χ4v) is 4.39. The largest absolute Gasteiger partial charge is 0.419 e. The zero-order valence-corrected chi connectivity index (χ0v) is 12.7. The fourth-order valence-electron chi connectivity index (χ4n) is 2.13. The molecule has 9 heteroatoms. The van der Waals surface area contributed by atoms with Crippen LogP contribution in [0.3, 0.4) is 0 Å². The van der Waals surface area contributed by atoms with E-state index in [2.05, 4.69) is 4.72 Å². The lowest BCUT2D eigenvalue weighted by atomic mass is 10.3. The molecule has 0 radical (unpaired) electrons. The number of carbonyl (C=O) groups excluding carboxylic acids is 1. The Balaban J connectivity index is 2.00. The summed E-state index contributed by atoms with van der Waals surface area (Å²) in [4.78, 5) is 22.9. The summed E-state index contributed by atoms with van der Waals surface area (Å²) < 4.78 is 33.2. The number of aromatic nitrogens is 1. The van der Waals surface area contributed by atoms with Crippen molar-refractivity contribution in [1.29, 1.82) is 0 Å². The molecule has 0 bridgehead atoms. The number of hydrogen-bond donors (Lipinski definition) is 1. The molecule has 1 aromatic carbocycles. The highest BCUT2D eigenvalue weighted by molar-refractivity contribution is 8.14. The molecule has 0 aliphatic carbocycles. The number of rotatable bonds is 3. The van der Waals surface area contributed by atoms with Crippen LogP contribution in [-0.4, -0.2) is 29.9 Å². The number of oxazole rings is 1. The molecule has 1 atom stereocenters. The summed E-state index contributed by atoms with van der Waals surface area (Å²) in [5, 5.41) is -0.171. The monoisotopic (exact) mass is 328 g/mol. The molecule has 0 saturated carbocycles. The van der Waals surface area contributed by atoms with Crippen molar-refractivity contribution in [3.63, 3.8) is 0 Å². The number of aryl methyl sites for hydroxylation is 1. The van der Waals surface area contributed by atoms with Crippen LogP contribution in [0.4, 0.5) is 0 Å². The molecule has 2 aromatic rings. The summed E-state index contributed by atoms with van der Waals surface area (Å²) >= 11 is 1.12. The molecule has 2 heterocycles. The molecular formula is C12H12N2O5S2. The summed E-state index contributed by atoms with van der Waals surface area (Å²) in [5.41, 5.74) is 0.698. The van der Waals surface area contributed by atoms with Gasteiger partial charge in [-0.2, -0.15) is 4.72 Å². The quantitative estimate of drug-likeness (QED) is 0.878. The number of sulfonamides is 1. The Hall–Kier alpha value is -1.58. The van der Waals surface area contributed by atoms with Crippen LogP contribution >= 0.6 is 11.8 Å². The highest BCUT2D eigenvalue weighted by Gasteiger charge is 2.30. The minimum atomic E-state index is -3.82. The first kappa shape index (κ1) is 14.4. The Morgan fingerprint density at radius 2 is 2.14 bits per heavy atom. The van der Waals surface area contributed by atoms with Gasteiger partial charge in [0.2, 0.25) is 15.1 Å². The van der Waals surface area contributed by atoms with Crippen LogP contribution in [0.15, 0.2) is 32.3 Å². The highest BCUT2D eigenvalue weighted by Crippen LogP contribution is 2.23. The molecule has 0 unspecified atom stereocenters. The van der Waals surface area contributed by atoms with E-state index in [1.54, 1.807) is 0 Å². The Morgan fingerprint density at radius 3 is 2.81 bits per heavy atom. The smallest absolute Gasteiger partial charge is 0.408 e. The van der Waals surface area contributed by atoms with Crippen molar-refractivity contribution < 1.29 is 17.6 Å². The lowest BCUT2D eigenvalue weighted by molar-refractivity contribution is -0.111. The van der Waals surface area contributed by atoms with Gasteiger partial charge in [0.1, 0.15) is 0 Å². The van der Waals surface area contributed by atoms with Crippen molar-refractivity contribution in [2.75, 3.05) is 5.75 Å². The van der Waals surface area contributed by atoms with Crippen LogP contribution < -0.4 is 10.5 Å². The Kier molecular flexibility index (Phi) is 3.42. The number of nitrogens with zero attached hydrogens (tertiary/aromatic N) is 1. The summed E-state index contributed by atoms with van der Waals surface area (Å²) in [6.45, 7) is 0. The van der Waals surface area contributed by atoms with Gasteiger partial charge in [0, 0.05) is 12.8 Å². The average Bonchev–Trinajstić information content (AvgIpc) is 2.94. The second-order valence-corrected chi connectivity index (χ2v) is 7.50. The lowest BCUT2D eigenvalue weighted by Gasteiger charge is -2.11. The van der Waals surface area contributed by atoms with E-state index in [0.29, 0.717) is 23.3 Å². The third-order valence-electron chi connectivity index (χ3n) is 3.31. The first-order valence-corrected chi connectivity index (χ1v) is 8.64. The molecule has 112 valence electrons. The highest BCUT2D eigenvalue weighted by atomic mass is 32.2. The molecule has 21 heavy (non-hydrogen) atoms. The van der Waals surface area contributed by atoms with E-state index < -0.39 is 21.8 Å². The molecule has 1 fully saturated rings. The van der Waals surface area contributed by atoms with Crippen molar-refractivity contribution >= 4 is 38.0 Å². The van der Waals surface area contributed by atoms with E-state index >= 15 is 0 Å². The molecule has 1 aliphatic rings. The van der Waals surface area contributed by atoms with E-state index in [0.717, 1.165) is 11.8 Å². The van der Waals surface area contributed by atoms with Gasteiger partial charge >= 0.3 is 5.76 Å². The molecule has 1 aromatic heterocycles. The van der Waals surface area contributed by atoms with Gasteiger partial charge in [0.25, 0.3) is 0 Å². The zero-order valence-electron chi connectivity index (χ0n) is 11.0. The Morgan fingerprint density at radius 1 is 1.38 bits per heavy atom. The van der Waals surface area contributed by atoms with Crippen LogP contribution in [0.2, 0.25) is 0 Å². The third-order valence-corrected chi connectivity index (χ3v) is 5.78. The van der Waals surface area contributed by atoms with Crippen molar-refractivity contribution in [3.05, 3.63) is 28.7 Å². The maximum Gasteiger partial charge on any atom is 0.419 e. The van der Waals surface area contributed by atoms with Crippen LogP contribution in [0.25, 0.3) is 11.1 Å². The molecule has 1 aliphatic heterocycles. The predicted octanol–water partition coefficient (Wildman–Crippen LogP) is 0.442. The normalized spacial score (nSPS) is 19.5. The predicted molar refractivity (Wildman–Crippen MR) is 77.6 cm³/mol. The average molecular weight is 328 g/mol. The van der Waals surface area contributed by atoms with Gasteiger partial charge in [0.15, 0.2) is 5.58 Å². The maximum atomic E-state index is 12.3. The van der Waals surface area contributed by atoms with E-state index in [9.17, 15) is 18.0 Å². The second kappa shape index (κ2) is 5.00. The number of benzene rings is 1. The second-order valence-electron chi connectivity index (χ2n) is 4.69. The first-order valence-electron chi connectivity index (χ1n) is 6.17. The first-order chi connectivity index (χ1) is 9.88. The van der Waals surface area contributed by atoms with Gasteiger partial charge in [-0.25, -0.2) is 13.2 Å². The van der Waals surface area contributed by atoms with Gasteiger partial charge in [0.05, 0.1) is 16.5 Å². The Labute approximate surface area is 124 Å². The molecule has 0 spiro atoms. The maximum absolute atomic E-state index is 12.3. The van der Waals surface area contributed by atoms with Gasteiger partial charge < -0.3 is 4.42 Å². The summed E-state index contributed by atoms with van der Waals surface area (Å²) in [6.07, 6.45) is 0.481. The molecule has 7 nitrogen and oxygen atoms in total. The summed E-state index contributed by atoms with van der Waals surface area (Å²) in [7, 11) is -2.32. The fraction of sp³-hybridized carbons (Fsp3) is 0.333. The summed E-state index contributed by atoms with van der Waals surface area (Å²) in [5.74, 6) is 0.0521. The van der Waals surface area contributed by atoms with Crippen LogP contribution in [-0.2, 0) is 21.9 Å². The van der Waals surface area contributed by atoms with Crippen molar-refractivity contribution in [2.24, 2.45) is 7.05 Å². The van der Waals surface area contributed by atoms with E-state index in [1.807, 2.05) is 0 Å². The molecule has 3 rings (SSSR count). The standard InChI is InChI=1S/C12H12N2O5S2/c1-14-9-6-7(2-3-10(9)19-12(14)16)21(17,18)13-8-4-5-20-11(8)15/h2-3,6,8,13H,4-5H2,1H3/t8-/m1/s1. The van der Waals surface area contributed by atoms with Crippen molar-refractivity contribution in [3.8, 4) is 0 Å². The van der Waals surface area contributed by atoms with Crippen LogP contribution in [0.5, 0.6) is 0 Å². The van der Waals surface area contributed by atoms with E-state index in [-0.39, 0.29) is 10.0 Å².